The lowest BCUT2D eigenvalue weighted by Gasteiger charge is -2.36. The number of hydrogen-bond donors (Lipinski definition) is 1. The molecule has 0 aliphatic heterocycles. The highest BCUT2D eigenvalue weighted by molar-refractivity contribution is 6.00. The van der Waals surface area contributed by atoms with Gasteiger partial charge in [-0.2, -0.15) is 0 Å². The first-order valence-electron chi connectivity index (χ1n) is 19.0. The second kappa shape index (κ2) is 16.4. The van der Waals surface area contributed by atoms with Crippen molar-refractivity contribution in [1.82, 2.24) is 29.8 Å². The summed E-state index contributed by atoms with van der Waals surface area (Å²) in [4.78, 5) is 41.8. The van der Waals surface area contributed by atoms with E-state index in [0.717, 1.165) is 38.9 Å². The van der Waals surface area contributed by atoms with Gasteiger partial charge in [-0.25, -0.2) is 24.0 Å². The maximum atomic E-state index is 13.2. The average molecular weight is 787 g/mol. The molecule has 0 bridgehead atoms. The molecule has 5 aromatic carbocycles. The minimum absolute atomic E-state index is 0.0227. The first-order chi connectivity index (χ1) is 28.8. The van der Waals surface area contributed by atoms with Crippen molar-refractivity contribution in [3.05, 3.63) is 201 Å². The van der Waals surface area contributed by atoms with Gasteiger partial charge in [0.15, 0.2) is 35.3 Å². The summed E-state index contributed by atoms with van der Waals surface area (Å²) >= 11 is 0. The number of carbonyl (C=O) groups excluding carboxylic acids is 1. The summed E-state index contributed by atoms with van der Waals surface area (Å²) in [6.45, 7) is 3.13. The molecule has 13 heteroatoms. The second-order valence-corrected chi connectivity index (χ2v) is 13.8. The second-order valence-electron chi connectivity index (χ2n) is 13.8. The Morgan fingerprint density at radius 1 is 0.763 bits per heavy atom. The predicted octanol–water partition coefficient (Wildman–Crippen LogP) is 7.95. The van der Waals surface area contributed by atoms with Crippen LogP contribution < -0.4 is 5.82 Å². The molecule has 0 atom stereocenters. The molecule has 294 valence electrons. The number of carboxylic acid groups (broad SMARTS) is 1. The molecule has 0 saturated heterocycles. The first kappa shape index (κ1) is 38.2. The fourth-order valence-electron chi connectivity index (χ4n) is 7.54. The van der Waals surface area contributed by atoms with E-state index in [1.165, 1.54) is 11.5 Å². The molecule has 0 saturated carbocycles. The van der Waals surface area contributed by atoms with Gasteiger partial charge in [-0.15, -0.1) is 5.10 Å². The summed E-state index contributed by atoms with van der Waals surface area (Å²) in [6, 6.07) is 46.3. The first-order valence-corrected chi connectivity index (χ1v) is 19.0. The Balaban J connectivity index is 1.16. The van der Waals surface area contributed by atoms with E-state index in [4.69, 9.17) is 18.8 Å². The molecule has 0 unspecified atom stereocenters. The fraction of sp³-hybridized carbons (Fsp3) is 0.152. The molecule has 59 heavy (non-hydrogen) atoms. The van der Waals surface area contributed by atoms with Crippen molar-refractivity contribution in [2.75, 3.05) is 0 Å². The quantitative estimate of drug-likeness (QED) is 0.0839. The number of aromatic nitrogens is 6. The highest BCUT2D eigenvalue weighted by Crippen LogP contribution is 2.43. The zero-order chi connectivity index (χ0) is 40.9. The fourth-order valence-corrected chi connectivity index (χ4v) is 7.54. The molecule has 3 heterocycles. The van der Waals surface area contributed by atoms with Gasteiger partial charge in [0, 0.05) is 18.5 Å². The standard InChI is InChI=1S/C46H38N6O7/c1-3-15-39-47-40(44(55)57-29-38-30(2)58-45(56)59-38)41(43(53)54)51(39)28-31-24-26-32(27-25-31)36-22-13-14-23-37(36)42-48-49-50-52(42)46(33-16-7-4-8-17-33,34-18-9-5-10-19-34)35-20-11-6-12-21-35/h4-14,16-27H,3,15,28-29H2,1-2H3,(H,53,54). The van der Waals surface area contributed by atoms with Crippen LogP contribution in [0.25, 0.3) is 22.5 Å². The zero-order valence-corrected chi connectivity index (χ0v) is 32.2. The van der Waals surface area contributed by atoms with Crippen LogP contribution in [0.2, 0.25) is 0 Å². The predicted molar refractivity (Wildman–Crippen MR) is 217 cm³/mol. The number of carboxylic acids is 1. The van der Waals surface area contributed by atoms with Crippen molar-refractivity contribution < 1.29 is 28.3 Å². The third-order valence-electron chi connectivity index (χ3n) is 10.2. The number of aromatic carboxylic acids is 1. The number of benzene rings is 5. The third kappa shape index (κ3) is 7.25. The Morgan fingerprint density at radius 2 is 1.34 bits per heavy atom. The van der Waals surface area contributed by atoms with Gasteiger partial charge < -0.3 is 23.2 Å². The highest BCUT2D eigenvalue weighted by atomic mass is 16.6. The number of rotatable bonds is 14. The minimum atomic E-state index is -1.33. The molecular formula is C46H38N6O7. The van der Waals surface area contributed by atoms with Crippen molar-refractivity contribution in [3.63, 3.8) is 0 Å². The molecule has 8 rings (SSSR count). The normalized spacial score (nSPS) is 11.4. The maximum absolute atomic E-state index is 13.2. The van der Waals surface area contributed by atoms with Gasteiger partial charge in [0.25, 0.3) is 0 Å². The van der Waals surface area contributed by atoms with Crippen molar-refractivity contribution in [2.45, 2.75) is 45.4 Å². The van der Waals surface area contributed by atoms with E-state index in [2.05, 4.69) is 51.7 Å². The van der Waals surface area contributed by atoms with E-state index in [0.29, 0.717) is 24.5 Å². The number of nitrogens with zero attached hydrogens (tertiary/aromatic N) is 6. The third-order valence-corrected chi connectivity index (χ3v) is 10.2. The summed E-state index contributed by atoms with van der Waals surface area (Å²) in [5.41, 5.74) is 4.70. The van der Waals surface area contributed by atoms with Crippen LogP contribution in [0.3, 0.4) is 0 Å². The topological polar surface area (TPSA) is 168 Å². The summed E-state index contributed by atoms with van der Waals surface area (Å²) in [7, 11) is 0. The molecule has 1 N–H and O–H groups in total. The molecule has 0 fully saturated rings. The molecule has 0 spiro atoms. The molecule has 8 aromatic rings. The lowest BCUT2D eigenvalue weighted by molar-refractivity contribution is 0.0427. The Labute approximate surface area is 338 Å². The van der Waals surface area contributed by atoms with Gasteiger partial charge in [0.05, 0.1) is 0 Å². The van der Waals surface area contributed by atoms with Crippen LogP contribution in [-0.2, 0) is 29.8 Å². The number of tetrazole rings is 1. The lowest BCUT2D eigenvalue weighted by Crippen LogP contribution is -2.39. The number of esters is 1. The number of ether oxygens (including phenoxy) is 1. The van der Waals surface area contributed by atoms with Crippen LogP contribution in [0.15, 0.2) is 153 Å². The summed E-state index contributed by atoms with van der Waals surface area (Å²) in [5, 5.41) is 24.0. The van der Waals surface area contributed by atoms with Crippen LogP contribution in [0.4, 0.5) is 0 Å². The Bertz CT molecular complexity index is 2690. The Hall–Kier alpha value is -7.67. The molecule has 13 nitrogen and oxygen atoms in total. The number of imidazole rings is 1. The summed E-state index contributed by atoms with van der Waals surface area (Å²) in [5.74, 6) is -2.08. The van der Waals surface area contributed by atoms with E-state index in [9.17, 15) is 19.5 Å². The molecule has 0 amide bonds. The lowest BCUT2D eigenvalue weighted by atomic mass is 9.77. The summed E-state index contributed by atoms with van der Waals surface area (Å²) in [6.07, 6.45) is 1.07. The largest absolute Gasteiger partial charge is 0.519 e. The van der Waals surface area contributed by atoms with E-state index in [1.54, 1.807) is 0 Å². The van der Waals surface area contributed by atoms with Crippen LogP contribution in [0.1, 0.15) is 73.9 Å². The van der Waals surface area contributed by atoms with Crippen LogP contribution in [-0.4, -0.2) is 46.8 Å². The number of carbonyl (C=O) groups is 2. The Kier molecular flexibility index (Phi) is 10.6. The number of aryl methyl sites for hydroxylation is 2. The van der Waals surface area contributed by atoms with E-state index >= 15 is 0 Å². The van der Waals surface area contributed by atoms with Gasteiger partial charge in [0.1, 0.15) is 11.4 Å². The molecular weight excluding hydrogens is 749 g/mol. The zero-order valence-electron chi connectivity index (χ0n) is 32.2. The minimum Gasteiger partial charge on any atom is -0.476 e. The van der Waals surface area contributed by atoms with Gasteiger partial charge in [-0.05, 0) is 57.2 Å². The molecule has 0 aliphatic rings. The SMILES string of the molecule is CCCc1nc(C(=O)OCc2oc(=O)oc2C)c(C(=O)O)n1Cc1ccc(-c2ccccc2-c2nnnn2C(c2ccccc2)(c2ccccc2)c2ccccc2)cc1. The number of hydrogen-bond acceptors (Lipinski definition) is 10. The van der Waals surface area contributed by atoms with Crippen molar-refractivity contribution in [2.24, 2.45) is 0 Å². The Morgan fingerprint density at radius 3 is 1.88 bits per heavy atom. The van der Waals surface area contributed by atoms with Gasteiger partial charge >= 0.3 is 17.8 Å². The molecule has 0 radical (unpaired) electrons. The van der Waals surface area contributed by atoms with Crippen LogP contribution in [0.5, 0.6) is 0 Å². The van der Waals surface area contributed by atoms with Crippen molar-refractivity contribution >= 4 is 11.9 Å². The summed E-state index contributed by atoms with van der Waals surface area (Å²) < 4.78 is 18.5. The van der Waals surface area contributed by atoms with Crippen LogP contribution in [0, 0.1) is 6.92 Å². The van der Waals surface area contributed by atoms with E-state index in [1.807, 2.05) is 115 Å². The van der Waals surface area contributed by atoms with Crippen molar-refractivity contribution in [3.8, 4) is 22.5 Å². The monoisotopic (exact) mass is 786 g/mol. The van der Waals surface area contributed by atoms with E-state index in [-0.39, 0.29) is 29.5 Å². The van der Waals surface area contributed by atoms with Crippen LogP contribution >= 0.6 is 0 Å². The molecule has 3 aromatic heterocycles. The van der Waals surface area contributed by atoms with Gasteiger partial charge in [-0.1, -0.05) is 146 Å². The van der Waals surface area contributed by atoms with Crippen molar-refractivity contribution in [1.29, 1.82) is 0 Å². The van der Waals surface area contributed by atoms with E-state index < -0.39 is 29.9 Å². The van der Waals surface area contributed by atoms with Gasteiger partial charge in [-0.3, -0.25) is 0 Å². The smallest absolute Gasteiger partial charge is 0.476 e. The average Bonchev–Trinajstić information content (AvgIpc) is 3.99. The highest BCUT2D eigenvalue weighted by Gasteiger charge is 2.42. The molecule has 0 aliphatic carbocycles. The van der Waals surface area contributed by atoms with Gasteiger partial charge in [0.2, 0.25) is 0 Å². The maximum Gasteiger partial charge on any atom is 0.519 e.